The molecule has 0 saturated carbocycles. The maximum Gasteiger partial charge on any atom is 0.247 e. The third-order valence-electron chi connectivity index (χ3n) is 1.80. The summed E-state index contributed by atoms with van der Waals surface area (Å²) in [4.78, 5) is 3.83. The molecule has 0 aliphatic rings. The van der Waals surface area contributed by atoms with E-state index in [1.807, 2.05) is 0 Å². The second-order valence-corrected chi connectivity index (χ2v) is 3.10. The highest BCUT2D eigenvalue weighted by molar-refractivity contribution is 4.97. The van der Waals surface area contributed by atoms with Gasteiger partial charge in [-0.15, -0.1) is 0 Å². The van der Waals surface area contributed by atoms with Gasteiger partial charge in [0.1, 0.15) is 0 Å². The van der Waals surface area contributed by atoms with Crippen LogP contribution < -0.4 is 5.73 Å². The van der Waals surface area contributed by atoms with Crippen LogP contribution in [0.25, 0.3) is 0 Å². The number of rotatable bonds is 4. The number of nitrogens with two attached hydrogens (primary N) is 1. The normalized spacial score (nSPS) is 12.0. The smallest absolute Gasteiger partial charge is 0.247 e. The number of imidazole rings is 1. The van der Waals surface area contributed by atoms with Crippen molar-refractivity contribution in [2.45, 2.75) is 32.4 Å². The molecule has 74 valence electrons. The highest BCUT2D eigenvalue weighted by atomic mass is 19.3. The molecule has 0 bridgehead atoms. The molecule has 0 unspecified atom stereocenters. The summed E-state index contributed by atoms with van der Waals surface area (Å²) in [6, 6.07) is 0. The van der Waals surface area contributed by atoms with Crippen molar-refractivity contribution in [3.63, 3.8) is 0 Å². The van der Waals surface area contributed by atoms with Gasteiger partial charge < -0.3 is 10.3 Å². The molecule has 3 nitrogen and oxygen atoms in total. The average molecular weight is 189 g/mol. The number of alkyl halides is 2. The van der Waals surface area contributed by atoms with E-state index in [1.54, 1.807) is 10.8 Å². The Balaban J connectivity index is 2.54. The van der Waals surface area contributed by atoms with Gasteiger partial charge >= 0.3 is 0 Å². The summed E-state index contributed by atoms with van der Waals surface area (Å²) >= 11 is 0. The van der Waals surface area contributed by atoms with E-state index >= 15 is 0 Å². The molecule has 1 rings (SSSR count). The van der Waals surface area contributed by atoms with Gasteiger partial charge in [0.2, 0.25) is 5.92 Å². The van der Waals surface area contributed by atoms with Crippen molar-refractivity contribution < 1.29 is 8.78 Å². The fraction of sp³-hybridized carbons (Fsp3) is 0.625. The third kappa shape index (κ3) is 3.10. The van der Waals surface area contributed by atoms with E-state index in [9.17, 15) is 8.78 Å². The number of hydrogen-bond acceptors (Lipinski definition) is 2. The van der Waals surface area contributed by atoms with Crippen LogP contribution in [0.15, 0.2) is 12.5 Å². The Labute approximate surface area is 75.6 Å². The van der Waals surface area contributed by atoms with Crippen molar-refractivity contribution in [1.82, 2.24) is 9.55 Å². The third-order valence-corrected chi connectivity index (χ3v) is 1.80. The highest BCUT2D eigenvalue weighted by Gasteiger charge is 2.20. The van der Waals surface area contributed by atoms with E-state index in [4.69, 9.17) is 5.73 Å². The molecule has 1 aromatic heterocycles. The van der Waals surface area contributed by atoms with Gasteiger partial charge in [0, 0.05) is 25.7 Å². The molecule has 13 heavy (non-hydrogen) atoms. The Morgan fingerprint density at radius 2 is 2.31 bits per heavy atom. The Hall–Kier alpha value is -0.970. The molecule has 0 fully saturated rings. The van der Waals surface area contributed by atoms with Gasteiger partial charge in [-0.3, -0.25) is 0 Å². The fourth-order valence-electron chi connectivity index (χ4n) is 1.04. The Morgan fingerprint density at radius 3 is 2.85 bits per heavy atom. The zero-order valence-electron chi connectivity index (χ0n) is 7.50. The number of halogens is 2. The standard InChI is InChI=1S/C8H13F2N3/c1-8(9,10)2-3-13-6-12-5-7(13)4-11/h5-6H,2-4,11H2,1H3. The number of nitrogens with zero attached hydrogens (tertiary/aromatic N) is 2. The topological polar surface area (TPSA) is 43.8 Å². The molecule has 0 saturated heterocycles. The van der Waals surface area contributed by atoms with Crippen LogP contribution in [0.5, 0.6) is 0 Å². The predicted octanol–water partition coefficient (Wildman–Crippen LogP) is 1.39. The lowest BCUT2D eigenvalue weighted by Crippen LogP contribution is -2.15. The van der Waals surface area contributed by atoms with Gasteiger partial charge in [-0.2, -0.15) is 0 Å². The highest BCUT2D eigenvalue weighted by Crippen LogP contribution is 2.17. The van der Waals surface area contributed by atoms with Crippen molar-refractivity contribution in [3.8, 4) is 0 Å². The minimum absolute atomic E-state index is 0.184. The molecule has 1 heterocycles. The summed E-state index contributed by atoms with van der Waals surface area (Å²) in [5, 5.41) is 0. The monoisotopic (exact) mass is 189 g/mol. The maximum absolute atomic E-state index is 12.5. The van der Waals surface area contributed by atoms with Crippen LogP contribution in [0, 0.1) is 0 Å². The molecule has 1 aromatic rings. The number of hydrogen-bond donors (Lipinski definition) is 1. The van der Waals surface area contributed by atoms with Crippen LogP contribution in [-0.4, -0.2) is 15.5 Å². The lowest BCUT2D eigenvalue weighted by molar-refractivity contribution is 0.00853. The lowest BCUT2D eigenvalue weighted by Gasteiger charge is -2.11. The molecule has 2 N–H and O–H groups in total. The van der Waals surface area contributed by atoms with Crippen LogP contribution in [0.4, 0.5) is 8.78 Å². The molecule has 0 amide bonds. The number of aromatic nitrogens is 2. The molecule has 0 aromatic carbocycles. The first-order valence-corrected chi connectivity index (χ1v) is 4.10. The molecular formula is C8H13F2N3. The first-order valence-electron chi connectivity index (χ1n) is 4.10. The van der Waals surface area contributed by atoms with Crippen LogP contribution >= 0.6 is 0 Å². The van der Waals surface area contributed by atoms with Crippen molar-refractivity contribution in [1.29, 1.82) is 0 Å². The van der Waals surface area contributed by atoms with Gasteiger partial charge in [-0.05, 0) is 6.92 Å². The fourth-order valence-corrected chi connectivity index (χ4v) is 1.04. The predicted molar refractivity (Wildman–Crippen MR) is 45.4 cm³/mol. The molecule has 0 atom stereocenters. The Morgan fingerprint density at radius 1 is 1.62 bits per heavy atom. The van der Waals surface area contributed by atoms with Crippen molar-refractivity contribution in [3.05, 3.63) is 18.2 Å². The maximum atomic E-state index is 12.5. The summed E-state index contributed by atoms with van der Waals surface area (Å²) in [6.07, 6.45) is 2.93. The summed E-state index contributed by atoms with van der Waals surface area (Å²) in [6.45, 7) is 1.50. The van der Waals surface area contributed by atoms with Gasteiger partial charge in [0.25, 0.3) is 0 Å². The van der Waals surface area contributed by atoms with Crippen LogP contribution in [0.1, 0.15) is 19.0 Å². The van der Waals surface area contributed by atoms with Gasteiger partial charge in [0.15, 0.2) is 0 Å². The summed E-state index contributed by atoms with van der Waals surface area (Å²) < 4.78 is 26.6. The molecule has 0 aliphatic heterocycles. The quantitative estimate of drug-likeness (QED) is 0.777. The lowest BCUT2D eigenvalue weighted by atomic mass is 10.2. The van der Waals surface area contributed by atoms with E-state index < -0.39 is 5.92 Å². The van der Waals surface area contributed by atoms with Crippen LogP contribution in [-0.2, 0) is 13.1 Å². The molecule has 5 heteroatoms. The van der Waals surface area contributed by atoms with Gasteiger partial charge in [-0.25, -0.2) is 13.8 Å². The van der Waals surface area contributed by atoms with E-state index in [0.29, 0.717) is 6.54 Å². The van der Waals surface area contributed by atoms with Crippen LogP contribution in [0.3, 0.4) is 0 Å². The summed E-state index contributed by atoms with van der Waals surface area (Å²) in [7, 11) is 0. The summed E-state index contributed by atoms with van der Waals surface area (Å²) in [5.74, 6) is -2.63. The minimum atomic E-state index is -2.63. The van der Waals surface area contributed by atoms with Crippen molar-refractivity contribution in [2.75, 3.05) is 0 Å². The second kappa shape index (κ2) is 3.83. The Bertz CT molecular complexity index is 265. The molecule has 0 radical (unpaired) electrons. The Kier molecular flexibility index (Phi) is 2.98. The van der Waals surface area contributed by atoms with E-state index in [2.05, 4.69) is 4.98 Å². The number of aryl methyl sites for hydroxylation is 1. The largest absolute Gasteiger partial charge is 0.333 e. The van der Waals surface area contributed by atoms with E-state index in [0.717, 1.165) is 12.6 Å². The van der Waals surface area contributed by atoms with Crippen molar-refractivity contribution >= 4 is 0 Å². The molecule has 0 spiro atoms. The minimum Gasteiger partial charge on any atom is -0.333 e. The average Bonchev–Trinajstić information content (AvgIpc) is 2.46. The van der Waals surface area contributed by atoms with Crippen LogP contribution in [0.2, 0.25) is 0 Å². The zero-order valence-corrected chi connectivity index (χ0v) is 7.50. The first kappa shape index (κ1) is 10.1. The van der Waals surface area contributed by atoms with E-state index in [1.165, 1.54) is 6.33 Å². The second-order valence-electron chi connectivity index (χ2n) is 3.10. The SMILES string of the molecule is CC(F)(F)CCn1cncc1CN. The first-order chi connectivity index (χ1) is 6.03. The van der Waals surface area contributed by atoms with Gasteiger partial charge in [-0.1, -0.05) is 0 Å². The molecular weight excluding hydrogens is 176 g/mol. The molecule has 0 aliphatic carbocycles. The zero-order chi connectivity index (χ0) is 9.90. The summed E-state index contributed by atoms with van der Waals surface area (Å²) in [5.41, 5.74) is 6.17. The van der Waals surface area contributed by atoms with Crippen molar-refractivity contribution in [2.24, 2.45) is 5.73 Å². The van der Waals surface area contributed by atoms with E-state index in [-0.39, 0.29) is 13.0 Å². The van der Waals surface area contributed by atoms with Gasteiger partial charge in [0.05, 0.1) is 12.0 Å².